The van der Waals surface area contributed by atoms with Gasteiger partial charge in [0.25, 0.3) is 5.91 Å². The molecular weight excluding hydrogens is 403 g/mol. The molecule has 0 aliphatic heterocycles. The van der Waals surface area contributed by atoms with Crippen LogP contribution in [0.15, 0.2) is 39.4 Å². The molecule has 0 atom stereocenters. The molecule has 1 N–H and O–H groups in total. The van der Waals surface area contributed by atoms with Crippen molar-refractivity contribution in [1.82, 2.24) is 9.88 Å². The summed E-state index contributed by atoms with van der Waals surface area (Å²) in [6.45, 7) is 4.27. The summed E-state index contributed by atoms with van der Waals surface area (Å²) in [6, 6.07) is 6.36. The van der Waals surface area contributed by atoms with E-state index in [4.69, 9.17) is 0 Å². The van der Waals surface area contributed by atoms with E-state index in [1.54, 1.807) is 12.1 Å². The Kier molecular flexibility index (Phi) is 5.22. The molecule has 0 aliphatic carbocycles. The fourth-order valence-corrected chi connectivity index (χ4v) is 2.82. The topological polar surface area (TPSA) is 34.0 Å². The summed E-state index contributed by atoms with van der Waals surface area (Å²) in [7, 11) is 0. The zero-order valence-corrected chi connectivity index (χ0v) is 14.8. The van der Waals surface area contributed by atoms with Crippen molar-refractivity contribution in [3.05, 3.63) is 56.5 Å². The number of nitrogens with zero attached hydrogens (tertiary/aromatic N) is 1. The second-order valence-corrected chi connectivity index (χ2v) is 6.73. The maximum Gasteiger partial charge on any atom is 0.268 e. The Labute approximate surface area is 139 Å². The molecule has 2 aromatic rings. The molecule has 0 aliphatic rings. The van der Waals surface area contributed by atoms with Crippen molar-refractivity contribution in [3.8, 4) is 0 Å². The van der Waals surface area contributed by atoms with Gasteiger partial charge in [-0.1, -0.05) is 15.9 Å². The lowest BCUT2D eigenvalue weighted by atomic mass is 10.2. The second kappa shape index (κ2) is 6.75. The Morgan fingerprint density at radius 1 is 1.33 bits per heavy atom. The van der Waals surface area contributed by atoms with Gasteiger partial charge >= 0.3 is 0 Å². The maximum atomic E-state index is 13.2. The molecule has 0 radical (unpaired) electrons. The van der Waals surface area contributed by atoms with Crippen molar-refractivity contribution < 1.29 is 9.18 Å². The van der Waals surface area contributed by atoms with Crippen molar-refractivity contribution in [2.75, 3.05) is 0 Å². The van der Waals surface area contributed by atoms with Gasteiger partial charge in [-0.05, 0) is 59.6 Å². The quantitative estimate of drug-likeness (QED) is 0.770. The van der Waals surface area contributed by atoms with E-state index in [-0.39, 0.29) is 24.3 Å². The number of halogens is 3. The summed E-state index contributed by atoms with van der Waals surface area (Å²) >= 11 is 6.73. The van der Waals surface area contributed by atoms with Gasteiger partial charge < -0.3 is 9.88 Å². The van der Waals surface area contributed by atoms with Gasteiger partial charge in [-0.15, -0.1) is 0 Å². The molecule has 1 aromatic heterocycles. The summed E-state index contributed by atoms with van der Waals surface area (Å²) in [5.41, 5.74) is 1.27. The van der Waals surface area contributed by atoms with E-state index in [2.05, 4.69) is 37.2 Å². The van der Waals surface area contributed by atoms with Gasteiger partial charge in [0.1, 0.15) is 11.5 Å². The van der Waals surface area contributed by atoms with Crippen LogP contribution in [0.1, 0.15) is 35.9 Å². The average Bonchev–Trinajstić information content (AvgIpc) is 2.82. The van der Waals surface area contributed by atoms with Gasteiger partial charge in [0.15, 0.2) is 0 Å². The van der Waals surface area contributed by atoms with Crippen molar-refractivity contribution in [2.45, 2.75) is 26.4 Å². The minimum Gasteiger partial charge on any atom is -0.347 e. The number of aromatic nitrogens is 1. The Balaban J connectivity index is 2.14. The molecule has 6 heteroatoms. The highest BCUT2D eigenvalue weighted by atomic mass is 79.9. The fourth-order valence-electron chi connectivity index (χ4n) is 2.00. The first-order valence-corrected chi connectivity index (χ1v) is 8.06. The van der Waals surface area contributed by atoms with E-state index in [1.165, 1.54) is 12.1 Å². The summed E-state index contributed by atoms with van der Waals surface area (Å²) in [5, 5.41) is 2.81. The highest BCUT2D eigenvalue weighted by Crippen LogP contribution is 2.20. The van der Waals surface area contributed by atoms with Crippen LogP contribution in [-0.2, 0) is 6.54 Å². The van der Waals surface area contributed by atoms with Crippen LogP contribution in [0.2, 0.25) is 0 Å². The molecule has 0 bridgehead atoms. The normalized spacial score (nSPS) is 11.0. The lowest BCUT2D eigenvalue weighted by Gasteiger charge is -2.13. The number of amides is 1. The molecular formula is C15H15Br2FN2O. The molecule has 2 rings (SSSR count). The smallest absolute Gasteiger partial charge is 0.268 e. The third-order valence-electron chi connectivity index (χ3n) is 3.05. The SMILES string of the molecule is CC(C)n1cc(Br)cc1C(=O)NCc1cc(F)ccc1Br. The lowest BCUT2D eigenvalue weighted by molar-refractivity contribution is 0.0940. The molecule has 21 heavy (non-hydrogen) atoms. The number of benzene rings is 1. The summed E-state index contributed by atoms with van der Waals surface area (Å²) in [5.74, 6) is -0.513. The molecule has 112 valence electrons. The molecule has 0 spiro atoms. The molecule has 0 saturated carbocycles. The van der Waals surface area contributed by atoms with Gasteiger partial charge in [-0.25, -0.2) is 4.39 Å². The molecule has 1 amide bonds. The number of nitrogens with one attached hydrogen (secondary N) is 1. The van der Waals surface area contributed by atoms with Crippen LogP contribution in [0.3, 0.4) is 0 Å². The number of carbonyl (C=O) groups is 1. The summed E-state index contributed by atoms with van der Waals surface area (Å²) in [6.07, 6.45) is 1.87. The average molecular weight is 418 g/mol. The van der Waals surface area contributed by atoms with Gasteiger partial charge in [-0.3, -0.25) is 4.79 Å². The van der Waals surface area contributed by atoms with Crippen LogP contribution < -0.4 is 5.32 Å². The first kappa shape index (κ1) is 16.2. The lowest BCUT2D eigenvalue weighted by Crippen LogP contribution is -2.26. The van der Waals surface area contributed by atoms with E-state index in [0.717, 1.165) is 8.95 Å². The van der Waals surface area contributed by atoms with Crippen LogP contribution in [0.25, 0.3) is 0 Å². The van der Waals surface area contributed by atoms with Crippen molar-refractivity contribution in [2.24, 2.45) is 0 Å². The third-order valence-corrected chi connectivity index (χ3v) is 4.26. The van der Waals surface area contributed by atoms with Gasteiger partial charge in [0.2, 0.25) is 0 Å². The predicted molar refractivity (Wildman–Crippen MR) is 87.8 cm³/mol. The van der Waals surface area contributed by atoms with E-state index < -0.39 is 0 Å². The number of hydrogen-bond donors (Lipinski definition) is 1. The van der Waals surface area contributed by atoms with E-state index in [9.17, 15) is 9.18 Å². The number of rotatable bonds is 4. The van der Waals surface area contributed by atoms with E-state index >= 15 is 0 Å². The zero-order chi connectivity index (χ0) is 15.6. The molecule has 0 fully saturated rings. The Bertz CT molecular complexity index is 668. The largest absolute Gasteiger partial charge is 0.347 e. The minimum absolute atomic E-state index is 0.179. The Morgan fingerprint density at radius 2 is 2.05 bits per heavy atom. The van der Waals surface area contributed by atoms with Crippen LogP contribution in [0, 0.1) is 5.82 Å². The number of hydrogen-bond acceptors (Lipinski definition) is 1. The van der Waals surface area contributed by atoms with Crippen LogP contribution in [0.5, 0.6) is 0 Å². The van der Waals surface area contributed by atoms with E-state index in [1.807, 2.05) is 24.6 Å². The summed E-state index contributed by atoms with van der Waals surface area (Å²) in [4.78, 5) is 12.3. The molecule has 0 unspecified atom stereocenters. The number of carbonyl (C=O) groups excluding carboxylic acids is 1. The van der Waals surface area contributed by atoms with Gasteiger partial charge in [-0.2, -0.15) is 0 Å². The Morgan fingerprint density at radius 3 is 2.71 bits per heavy atom. The zero-order valence-electron chi connectivity index (χ0n) is 11.7. The Hall–Kier alpha value is -1.14. The first-order valence-electron chi connectivity index (χ1n) is 6.48. The van der Waals surface area contributed by atoms with Crippen LogP contribution in [-0.4, -0.2) is 10.5 Å². The molecule has 3 nitrogen and oxygen atoms in total. The minimum atomic E-state index is -0.323. The van der Waals surface area contributed by atoms with Gasteiger partial charge in [0, 0.05) is 27.7 Å². The summed E-state index contributed by atoms with van der Waals surface area (Å²) < 4.78 is 16.7. The van der Waals surface area contributed by atoms with Crippen molar-refractivity contribution >= 4 is 37.8 Å². The fraction of sp³-hybridized carbons (Fsp3) is 0.267. The third kappa shape index (κ3) is 3.95. The maximum absolute atomic E-state index is 13.2. The highest BCUT2D eigenvalue weighted by molar-refractivity contribution is 9.10. The van der Waals surface area contributed by atoms with Crippen LogP contribution in [0.4, 0.5) is 4.39 Å². The predicted octanol–water partition coefficient (Wildman–Crippen LogP) is 4.66. The van der Waals surface area contributed by atoms with Crippen molar-refractivity contribution in [3.63, 3.8) is 0 Å². The second-order valence-electron chi connectivity index (χ2n) is 4.96. The van der Waals surface area contributed by atoms with Crippen LogP contribution >= 0.6 is 31.9 Å². The first-order chi connectivity index (χ1) is 9.88. The standard InChI is InChI=1S/C15H15Br2FN2O/c1-9(2)20-8-11(16)6-14(20)15(21)19-7-10-5-12(18)3-4-13(10)17/h3-6,8-9H,7H2,1-2H3,(H,19,21). The van der Waals surface area contributed by atoms with Gasteiger partial charge in [0.05, 0.1) is 0 Å². The van der Waals surface area contributed by atoms with E-state index in [0.29, 0.717) is 11.3 Å². The monoisotopic (exact) mass is 416 g/mol. The molecule has 1 heterocycles. The molecule has 1 aromatic carbocycles. The highest BCUT2D eigenvalue weighted by Gasteiger charge is 2.15. The molecule has 0 saturated heterocycles. The van der Waals surface area contributed by atoms with Crippen molar-refractivity contribution in [1.29, 1.82) is 0 Å².